The van der Waals surface area contributed by atoms with Crippen molar-refractivity contribution >= 4 is 5.95 Å². The van der Waals surface area contributed by atoms with Crippen LogP contribution in [0, 0.1) is 6.57 Å². The van der Waals surface area contributed by atoms with Crippen LogP contribution in [-0.2, 0) is 16.9 Å². The van der Waals surface area contributed by atoms with Crippen molar-refractivity contribution in [3.05, 3.63) is 28.9 Å². The predicted molar refractivity (Wildman–Crippen MR) is 53.2 cm³/mol. The van der Waals surface area contributed by atoms with Crippen LogP contribution in [0.5, 0.6) is 0 Å². The van der Waals surface area contributed by atoms with E-state index in [0.717, 1.165) is 24.1 Å². The largest absolute Gasteiger partial charge is 0.394 e. The first-order valence-corrected chi connectivity index (χ1v) is 5.22. The summed E-state index contributed by atoms with van der Waals surface area (Å²) in [5, 5.41) is 0. The highest BCUT2D eigenvalue weighted by molar-refractivity contribution is 5.35. The summed E-state index contributed by atoms with van der Waals surface area (Å²) in [5.74, 6) is 0.241. The summed E-state index contributed by atoms with van der Waals surface area (Å²) in [7, 11) is 0. The van der Waals surface area contributed by atoms with Crippen molar-refractivity contribution in [2.45, 2.75) is 37.9 Å². The smallest absolute Gasteiger partial charge is 0.371 e. The molecule has 1 aliphatic heterocycles. The van der Waals surface area contributed by atoms with Gasteiger partial charge in [0.25, 0.3) is 0 Å². The van der Waals surface area contributed by atoms with E-state index in [9.17, 15) is 0 Å². The molecule has 0 N–H and O–H groups in total. The van der Waals surface area contributed by atoms with Crippen molar-refractivity contribution in [1.82, 2.24) is 9.97 Å². The van der Waals surface area contributed by atoms with E-state index in [1.54, 1.807) is 6.20 Å². The van der Waals surface area contributed by atoms with E-state index in [-0.39, 0.29) is 11.5 Å². The molecule has 2 aliphatic rings. The van der Waals surface area contributed by atoms with E-state index in [1.165, 1.54) is 12.8 Å². The standard InChI is InChI=1S/C11H11N3O/c1-12-10-13-6-8-7-15-11(9(8)14-10)4-2-3-5-11/h6H,2-5,7H2. The Balaban J connectivity index is 2.12. The summed E-state index contributed by atoms with van der Waals surface area (Å²) in [6, 6.07) is 0. The van der Waals surface area contributed by atoms with Gasteiger partial charge in [-0.25, -0.2) is 0 Å². The Kier molecular flexibility index (Phi) is 1.77. The molecule has 2 heterocycles. The van der Waals surface area contributed by atoms with Gasteiger partial charge in [-0.15, -0.1) is 6.57 Å². The summed E-state index contributed by atoms with van der Waals surface area (Å²) in [6.45, 7) is 7.53. The average Bonchev–Trinajstić information content (AvgIpc) is 2.89. The lowest BCUT2D eigenvalue weighted by atomic mass is 9.97. The quantitative estimate of drug-likeness (QED) is 0.605. The summed E-state index contributed by atoms with van der Waals surface area (Å²) < 4.78 is 5.87. The molecule has 76 valence electrons. The maximum atomic E-state index is 6.92. The number of rotatable bonds is 0. The second-order valence-corrected chi connectivity index (χ2v) is 4.15. The molecule has 1 aromatic heterocycles. The fraction of sp³-hybridized carbons (Fsp3) is 0.545. The first kappa shape index (κ1) is 8.81. The van der Waals surface area contributed by atoms with Crippen molar-refractivity contribution in [2.75, 3.05) is 0 Å². The molecule has 4 nitrogen and oxygen atoms in total. The Morgan fingerprint density at radius 2 is 2.20 bits per heavy atom. The SMILES string of the molecule is [C-]#[N+]c1ncc2c(n1)C1(CCCC1)OC2. The maximum Gasteiger partial charge on any atom is 0.371 e. The van der Waals surface area contributed by atoms with E-state index in [0.29, 0.717) is 6.61 Å². The third kappa shape index (κ3) is 1.17. The zero-order chi connectivity index (χ0) is 10.3. The minimum absolute atomic E-state index is 0.183. The third-order valence-electron chi connectivity index (χ3n) is 3.30. The lowest BCUT2D eigenvalue weighted by Gasteiger charge is -2.20. The molecular weight excluding hydrogens is 190 g/mol. The van der Waals surface area contributed by atoms with Crippen LogP contribution in [0.4, 0.5) is 5.95 Å². The molecule has 1 spiro atoms. The highest BCUT2D eigenvalue weighted by atomic mass is 16.5. The highest BCUT2D eigenvalue weighted by Crippen LogP contribution is 2.47. The van der Waals surface area contributed by atoms with Gasteiger partial charge in [0.2, 0.25) is 0 Å². The molecule has 0 amide bonds. The molecule has 1 saturated carbocycles. The number of aromatic nitrogens is 2. The molecule has 0 bridgehead atoms. The van der Waals surface area contributed by atoms with E-state index >= 15 is 0 Å². The van der Waals surface area contributed by atoms with E-state index in [2.05, 4.69) is 14.8 Å². The Morgan fingerprint density at radius 1 is 1.40 bits per heavy atom. The second-order valence-electron chi connectivity index (χ2n) is 4.15. The summed E-state index contributed by atoms with van der Waals surface area (Å²) in [6.07, 6.45) is 6.19. The Hall–Kier alpha value is -1.47. The van der Waals surface area contributed by atoms with Gasteiger partial charge in [0.15, 0.2) is 0 Å². The van der Waals surface area contributed by atoms with Crippen molar-refractivity contribution in [2.24, 2.45) is 0 Å². The van der Waals surface area contributed by atoms with Gasteiger partial charge >= 0.3 is 5.95 Å². The van der Waals surface area contributed by atoms with Crippen molar-refractivity contribution in [3.8, 4) is 0 Å². The zero-order valence-corrected chi connectivity index (χ0v) is 8.36. The molecule has 15 heavy (non-hydrogen) atoms. The van der Waals surface area contributed by atoms with Gasteiger partial charge in [-0.1, -0.05) is 0 Å². The topological polar surface area (TPSA) is 39.4 Å². The molecule has 0 radical (unpaired) electrons. The molecule has 0 unspecified atom stereocenters. The van der Waals surface area contributed by atoms with Crippen LogP contribution in [0.15, 0.2) is 6.20 Å². The normalized spacial score (nSPS) is 21.5. The van der Waals surface area contributed by atoms with E-state index in [1.807, 2.05) is 0 Å². The number of hydrogen-bond acceptors (Lipinski definition) is 3. The Morgan fingerprint density at radius 3 is 2.93 bits per heavy atom. The first-order valence-electron chi connectivity index (χ1n) is 5.22. The number of fused-ring (bicyclic) bond motifs is 2. The molecule has 3 rings (SSSR count). The summed E-state index contributed by atoms with van der Waals surface area (Å²) >= 11 is 0. The van der Waals surface area contributed by atoms with Crippen LogP contribution in [-0.4, -0.2) is 9.97 Å². The van der Waals surface area contributed by atoms with Gasteiger partial charge in [-0.3, -0.25) is 0 Å². The molecule has 1 aliphatic carbocycles. The minimum atomic E-state index is -0.183. The van der Waals surface area contributed by atoms with Gasteiger partial charge in [-0.2, -0.15) is 9.97 Å². The lowest BCUT2D eigenvalue weighted by molar-refractivity contribution is -0.0346. The van der Waals surface area contributed by atoms with E-state index < -0.39 is 0 Å². The zero-order valence-electron chi connectivity index (χ0n) is 8.36. The van der Waals surface area contributed by atoms with Crippen LogP contribution < -0.4 is 0 Å². The minimum Gasteiger partial charge on any atom is -0.394 e. The second kappa shape index (κ2) is 3.01. The van der Waals surface area contributed by atoms with Gasteiger partial charge in [0.05, 0.1) is 18.4 Å². The molecular formula is C11H11N3O. The third-order valence-corrected chi connectivity index (χ3v) is 3.30. The Labute approximate surface area is 88.1 Å². The van der Waals surface area contributed by atoms with Gasteiger partial charge in [-0.05, 0) is 25.7 Å². The predicted octanol–water partition coefficient (Wildman–Crippen LogP) is 2.33. The van der Waals surface area contributed by atoms with Gasteiger partial charge < -0.3 is 9.58 Å². The highest BCUT2D eigenvalue weighted by Gasteiger charge is 2.46. The van der Waals surface area contributed by atoms with Gasteiger partial charge in [0.1, 0.15) is 11.3 Å². The number of hydrogen-bond donors (Lipinski definition) is 0. The fourth-order valence-electron chi connectivity index (χ4n) is 2.56. The lowest BCUT2D eigenvalue weighted by Crippen LogP contribution is -2.21. The fourth-order valence-corrected chi connectivity index (χ4v) is 2.56. The monoisotopic (exact) mass is 201 g/mol. The van der Waals surface area contributed by atoms with Crippen LogP contribution >= 0.6 is 0 Å². The van der Waals surface area contributed by atoms with Crippen molar-refractivity contribution in [3.63, 3.8) is 0 Å². The Bertz CT molecular complexity index is 444. The van der Waals surface area contributed by atoms with Crippen LogP contribution in [0.1, 0.15) is 36.9 Å². The molecule has 0 saturated heterocycles. The van der Waals surface area contributed by atoms with Crippen LogP contribution in [0.25, 0.3) is 4.85 Å². The molecule has 4 heteroatoms. The van der Waals surface area contributed by atoms with E-state index in [4.69, 9.17) is 11.3 Å². The summed E-state index contributed by atoms with van der Waals surface area (Å²) in [5.41, 5.74) is 1.85. The van der Waals surface area contributed by atoms with Crippen LogP contribution in [0.3, 0.4) is 0 Å². The molecule has 1 aromatic rings. The molecule has 1 fully saturated rings. The average molecular weight is 201 g/mol. The maximum absolute atomic E-state index is 6.92. The van der Waals surface area contributed by atoms with Crippen molar-refractivity contribution in [1.29, 1.82) is 0 Å². The van der Waals surface area contributed by atoms with Crippen molar-refractivity contribution < 1.29 is 4.74 Å². The number of ether oxygens (including phenoxy) is 1. The van der Waals surface area contributed by atoms with Crippen LogP contribution in [0.2, 0.25) is 0 Å². The first-order chi connectivity index (χ1) is 7.34. The van der Waals surface area contributed by atoms with Gasteiger partial charge in [0, 0.05) is 0 Å². The summed E-state index contributed by atoms with van der Waals surface area (Å²) in [4.78, 5) is 11.6. The molecule has 0 atom stereocenters. The number of nitrogens with zero attached hydrogens (tertiary/aromatic N) is 3. The molecule has 0 aromatic carbocycles.